The number of likely N-dealkylation sites (tertiary alicyclic amines) is 1. The average molecular weight is 318 g/mol. The largest absolute Gasteiger partial charge is 0.472 e. The molecule has 1 unspecified atom stereocenters. The van der Waals surface area contributed by atoms with Crippen molar-refractivity contribution in [2.24, 2.45) is 0 Å². The zero-order valence-electron chi connectivity index (χ0n) is 12.6. The number of benzene rings is 1. The van der Waals surface area contributed by atoms with Crippen molar-refractivity contribution in [3.8, 4) is 5.88 Å². The van der Waals surface area contributed by atoms with Gasteiger partial charge in [0.15, 0.2) is 0 Å². The highest BCUT2D eigenvalue weighted by molar-refractivity contribution is 5.95. The summed E-state index contributed by atoms with van der Waals surface area (Å²) in [6.45, 7) is 2.53. The molecule has 1 aliphatic rings. The first-order valence-corrected chi connectivity index (χ1v) is 7.38. The van der Waals surface area contributed by atoms with Crippen molar-refractivity contribution >= 4 is 5.91 Å². The summed E-state index contributed by atoms with van der Waals surface area (Å²) in [5.41, 5.74) is 0.323. The normalized spacial score (nSPS) is 17.3. The molecule has 1 amide bonds. The molecule has 1 aromatic carbocycles. The van der Waals surface area contributed by atoms with Gasteiger partial charge in [0.1, 0.15) is 23.3 Å². The van der Waals surface area contributed by atoms with Crippen molar-refractivity contribution in [1.82, 2.24) is 9.88 Å². The quantitative estimate of drug-likeness (QED) is 0.874. The van der Waals surface area contributed by atoms with Gasteiger partial charge in [-0.2, -0.15) is 0 Å². The third-order valence-electron chi connectivity index (χ3n) is 3.76. The van der Waals surface area contributed by atoms with Gasteiger partial charge in [-0.3, -0.25) is 4.79 Å². The van der Waals surface area contributed by atoms with Crippen LogP contribution in [0, 0.1) is 18.6 Å². The summed E-state index contributed by atoms with van der Waals surface area (Å²) in [6, 6.07) is 8.84. The molecule has 0 spiro atoms. The van der Waals surface area contributed by atoms with Gasteiger partial charge in [-0.25, -0.2) is 13.8 Å². The number of nitrogens with zero attached hydrogens (tertiary/aromatic N) is 2. The van der Waals surface area contributed by atoms with Gasteiger partial charge in [0.2, 0.25) is 5.88 Å². The van der Waals surface area contributed by atoms with Crippen LogP contribution in [0.2, 0.25) is 0 Å². The molecule has 2 aromatic rings. The predicted molar refractivity (Wildman–Crippen MR) is 80.3 cm³/mol. The Morgan fingerprint density at radius 3 is 2.61 bits per heavy atom. The topological polar surface area (TPSA) is 42.4 Å². The van der Waals surface area contributed by atoms with Gasteiger partial charge in [0, 0.05) is 24.7 Å². The van der Waals surface area contributed by atoms with Gasteiger partial charge in [0.05, 0.1) is 6.54 Å². The van der Waals surface area contributed by atoms with Crippen molar-refractivity contribution in [3.05, 3.63) is 59.3 Å². The number of ether oxygens (including phenoxy) is 1. The summed E-state index contributed by atoms with van der Waals surface area (Å²) < 4.78 is 33.2. The first kappa shape index (κ1) is 15.4. The fourth-order valence-corrected chi connectivity index (χ4v) is 2.62. The van der Waals surface area contributed by atoms with Crippen molar-refractivity contribution in [2.45, 2.75) is 19.4 Å². The van der Waals surface area contributed by atoms with Crippen LogP contribution in [0.25, 0.3) is 0 Å². The van der Waals surface area contributed by atoms with Gasteiger partial charge < -0.3 is 9.64 Å². The number of aryl methyl sites for hydroxylation is 1. The van der Waals surface area contributed by atoms with E-state index >= 15 is 0 Å². The summed E-state index contributed by atoms with van der Waals surface area (Å²) in [5, 5.41) is 0. The smallest absolute Gasteiger partial charge is 0.259 e. The van der Waals surface area contributed by atoms with Gasteiger partial charge in [0.25, 0.3) is 5.91 Å². The highest BCUT2D eigenvalue weighted by Crippen LogP contribution is 2.21. The third-order valence-corrected chi connectivity index (χ3v) is 3.76. The maximum atomic E-state index is 13.7. The van der Waals surface area contributed by atoms with E-state index in [1.165, 1.54) is 11.0 Å². The highest BCUT2D eigenvalue weighted by atomic mass is 19.1. The highest BCUT2D eigenvalue weighted by Gasteiger charge is 2.31. The molecule has 1 fully saturated rings. The number of hydrogen-bond donors (Lipinski definition) is 0. The number of carbonyl (C=O) groups excluding carboxylic acids is 1. The first-order chi connectivity index (χ1) is 11.0. The Balaban J connectivity index is 1.69. The number of pyridine rings is 1. The molecule has 0 N–H and O–H groups in total. The maximum Gasteiger partial charge on any atom is 0.259 e. The first-order valence-electron chi connectivity index (χ1n) is 7.38. The van der Waals surface area contributed by atoms with E-state index in [-0.39, 0.29) is 12.6 Å². The van der Waals surface area contributed by atoms with Crippen LogP contribution in [-0.4, -0.2) is 35.0 Å². The van der Waals surface area contributed by atoms with Gasteiger partial charge in [-0.15, -0.1) is 0 Å². The molecule has 1 saturated heterocycles. The zero-order chi connectivity index (χ0) is 16.4. The predicted octanol–water partition coefficient (Wildman–Crippen LogP) is 2.96. The van der Waals surface area contributed by atoms with E-state index in [1.807, 2.05) is 19.1 Å². The van der Waals surface area contributed by atoms with Crippen molar-refractivity contribution in [1.29, 1.82) is 0 Å². The number of rotatable bonds is 3. The van der Waals surface area contributed by atoms with Crippen LogP contribution in [0.15, 0.2) is 36.4 Å². The molecule has 1 aliphatic heterocycles. The number of halogens is 2. The minimum Gasteiger partial charge on any atom is -0.472 e. The second kappa shape index (κ2) is 6.32. The lowest BCUT2D eigenvalue weighted by molar-refractivity contribution is 0.0761. The number of carbonyl (C=O) groups is 1. The van der Waals surface area contributed by atoms with Gasteiger partial charge in [-0.05, 0) is 25.1 Å². The van der Waals surface area contributed by atoms with E-state index in [4.69, 9.17) is 4.74 Å². The van der Waals surface area contributed by atoms with E-state index in [2.05, 4.69) is 4.98 Å². The Kier molecular flexibility index (Phi) is 4.23. The Morgan fingerprint density at radius 2 is 1.91 bits per heavy atom. The lowest BCUT2D eigenvalue weighted by atomic mass is 10.1. The molecule has 2 heterocycles. The SMILES string of the molecule is Cc1cccc(OC2CCN(C(=O)c3c(F)cccc3F)C2)n1. The van der Waals surface area contributed by atoms with Crippen LogP contribution >= 0.6 is 0 Å². The van der Waals surface area contributed by atoms with Crippen LogP contribution in [-0.2, 0) is 0 Å². The van der Waals surface area contributed by atoms with Crippen molar-refractivity contribution < 1.29 is 18.3 Å². The fourth-order valence-electron chi connectivity index (χ4n) is 2.62. The summed E-state index contributed by atoms with van der Waals surface area (Å²) >= 11 is 0. The Bertz CT molecular complexity index is 716. The number of amides is 1. The van der Waals surface area contributed by atoms with E-state index in [0.717, 1.165) is 17.8 Å². The molecule has 120 valence electrons. The molecule has 1 atom stereocenters. The Labute approximate surface area is 132 Å². The second-order valence-corrected chi connectivity index (χ2v) is 5.49. The van der Waals surface area contributed by atoms with Crippen LogP contribution in [0.4, 0.5) is 8.78 Å². The molecule has 0 radical (unpaired) electrons. The van der Waals surface area contributed by atoms with E-state index in [0.29, 0.717) is 18.8 Å². The molecular weight excluding hydrogens is 302 g/mol. The van der Waals surface area contributed by atoms with Crippen LogP contribution in [0.3, 0.4) is 0 Å². The molecule has 0 saturated carbocycles. The standard InChI is InChI=1S/C17H16F2N2O2/c1-11-4-2-7-15(20-11)23-12-8-9-21(10-12)17(22)16-13(18)5-3-6-14(16)19/h2-7,12H,8-10H2,1H3. The Hall–Kier alpha value is -2.50. The zero-order valence-corrected chi connectivity index (χ0v) is 12.6. The maximum absolute atomic E-state index is 13.7. The van der Waals surface area contributed by atoms with E-state index < -0.39 is 23.1 Å². The number of aromatic nitrogens is 1. The van der Waals surface area contributed by atoms with Gasteiger partial charge in [-0.1, -0.05) is 12.1 Å². The summed E-state index contributed by atoms with van der Waals surface area (Å²) in [4.78, 5) is 18.0. The minimum absolute atomic E-state index is 0.233. The van der Waals surface area contributed by atoms with Crippen molar-refractivity contribution in [3.63, 3.8) is 0 Å². The summed E-state index contributed by atoms with van der Waals surface area (Å²) in [6.07, 6.45) is 0.361. The molecule has 4 nitrogen and oxygen atoms in total. The molecule has 1 aromatic heterocycles. The lowest BCUT2D eigenvalue weighted by Crippen LogP contribution is -2.32. The molecule has 6 heteroatoms. The molecule has 0 bridgehead atoms. The van der Waals surface area contributed by atoms with E-state index in [1.54, 1.807) is 6.07 Å². The monoisotopic (exact) mass is 318 g/mol. The average Bonchev–Trinajstić information content (AvgIpc) is 2.95. The summed E-state index contributed by atoms with van der Waals surface area (Å²) in [5.74, 6) is -1.86. The second-order valence-electron chi connectivity index (χ2n) is 5.49. The van der Waals surface area contributed by atoms with E-state index in [9.17, 15) is 13.6 Å². The minimum atomic E-state index is -0.847. The molecule has 3 rings (SSSR count). The summed E-state index contributed by atoms with van der Waals surface area (Å²) in [7, 11) is 0. The Morgan fingerprint density at radius 1 is 1.22 bits per heavy atom. The third kappa shape index (κ3) is 3.31. The molecule has 0 aliphatic carbocycles. The van der Waals surface area contributed by atoms with Crippen LogP contribution in [0.1, 0.15) is 22.5 Å². The van der Waals surface area contributed by atoms with Crippen LogP contribution < -0.4 is 4.74 Å². The van der Waals surface area contributed by atoms with Crippen molar-refractivity contribution in [2.75, 3.05) is 13.1 Å². The number of hydrogen-bond acceptors (Lipinski definition) is 3. The lowest BCUT2D eigenvalue weighted by Gasteiger charge is -2.17. The molecular formula is C17H16F2N2O2. The fraction of sp³-hybridized carbons (Fsp3) is 0.294. The van der Waals surface area contributed by atoms with Gasteiger partial charge >= 0.3 is 0 Å². The van der Waals surface area contributed by atoms with Crippen LogP contribution in [0.5, 0.6) is 5.88 Å². The molecule has 23 heavy (non-hydrogen) atoms.